The van der Waals surface area contributed by atoms with Crippen molar-refractivity contribution in [2.45, 2.75) is 17.6 Å². The summed E-state index contributed by atoms with van der Waals surface area (Å²) in [5.74, 6) is -0.156. The molecule has 1 aromatic carbocycles. The largest absolute Gasteiger partial charge is 0.748 e. The van der Waals surface area contributed by atoms with Gasteiger partial charge < -0.3 is 4.55 Å². The van der Waals surface area contributed by atoms with Gasteiger partial charge in [0.05, 0.1) is 15.4 Å². The van der Waals surface area contributed by atoms with E-state index in [1.54, 1.807) is 24.3 Å². The van der Waals surface area contributed by atoms with E-state index < -0.39 is 15.4 Å². The van der Waals surface area contributed by atoms with Crippen LogP contribution in [-0.2, 0) is 10.1 Å². The highest BCUT2D eigenvalue weighted by atomic mass is 35.5. The Labute approximate surface area is 87.5 Å². The lowest BCUT2D eigenvalue weighted by atomic mass is 10.1. The minimum absolute atomic E-state index is 0.156. The van der Waals surface area contributed by atoms with Crippen molar-refractivity contribution in [2.24, 2.45) is 0 Å². The van der Waals surface area contributed by atoms with Crippen molar-refractivity contribution < 1.29 is 13.0 Å². The first-order valence-electron chi connectivity index (χ1n) is 4.18. The molecule has 0 spiro atoms. The van der Waals surface area contributed by atoms with Crippen LogP contribution in [0.2, 0.25) is 5.02 Å². The summed E-state index contributed by atoms with van der Waals surface area (Å²) >= 11 is 5.75. The van der Waals surface area contributed by atoms with E-state index in [0.717, 1.165) is 5.56 Å². The van der Waals surface area contributed by atoms with Crippen molar-refractivity contribution in [1.82, 2.24) is 0 Å². The van der Waals surface area contributed by atoms with Gasteiger partial charge in [-0.3, -0.25) is 0 Å². The van der Waals surface area contributed by atoms with Gasteiger partial charge in [-0.2, -0.15) is 0 Å². The third-order valence-corrected chi connectivity index (χ3v) is 3.88. The zero-order valence-electron chi connectivity index (χ0n) is 7.18. The zero-order chi connectivity index (χ0) is 10.3. The van der Waals surface area contributed by atoms with Crippen molar-refractivity contribution in [3.8, 4) is 0 Å². The summed E-state index contributed by atoms with van der Waals surface area (Å²) in [6.07, 6.45) is 0.423. The smallest absolute Gasteiger partial charge is 0.0981 e. The molecule has 0 aliphatic heterocycles. The van der Waals surface area contributed by atoms with Crippen LogP contribution in [0.5, 0.6) is 0 Å². The Hall–Kier alpha value is -0.580. The summed E-state index contributed by atoms with van der Waals surface area (Å²) in [6.45, 7) is 0. The fraction of sp³-hybridized carbons (Fsp3) is 0.333. The fourth-order valence-electron chi connectivity index (χ4n) is 1.58. The standard InChI is InChI=1S/C9H9ClO3S/c10-7-3-1-2-6(4-7)8-5-9(8)14(11,12)13/h1-4,8-9H,5H2,(H,11,12,13)/p-1. The summed E-state index contributed by atoms with van der Waals surface area (Å²) in [7, 11) is -4.13. The second kappa shape index (κ2) is 3.22. The lowest BCUT2D eigenvalue weighted by molar-refractivity contribution is 0.460. The highest BCUT2D eigenvalue weighted by Crippen LogP contribution is 2.45. The first-order chi connectivity index (χ1) is 6.48. The topological polar surface area (TPSA) is 57.2 Å². The van der Waals surface area contributed by atoms with Crippen molar-refractivity contribution in [3.63, 3.8) is 0 Å². The Morgan fingerprint density at radius 3 is 2.64 bits per heavy atom. The van der Waals surface area contributed by atoms with E-state index in [4.69, 9.17) is 11.6 Å². The first kappa shape index (κ1) is 9.96. The van der Waals surface area contributed by atoms with Gasteiger partial charge in [0, 0.05) is 10.9 Å². The van der Waals surface area contributed by atoms with Gasteiger partial charge in [0.2, 0.25) is 0 Å². The average molecular weight is 232 g/mol. The van der Waals surface area contributed by atoms with Crippen LogP contribution in [-0.4, -0.2) is 18.2 Å². The van der Waals surface area contributed by atoms with E-state index in [0.29, 0.717) is 11.4 Å². The SMILES string of the molecule is O=S(=O)([O-])C1CC1c1cccc(Cl)c1. The molecule has 1 fully saturated rings. The second-order valence-electron chi connectivity index (χ2n) is 3.43. The number of halogens is 1. The molecule has 2 rings (SSSR count). The number of hydrogen-bond acceptors (Lipinski definition) is 3. The lowest BCUT2D eigenvalue weighted by Crippen LogP contribution is -2.06. The second-order valence-corrected chi connectivity index (χ2v) is 5.46. The molecule has 1 aliphatic carbocycles. The molecular formula is C9H8ClO3S-. The highest BCUT2D eigenvalue weighted by Gasteiger charge is 2.43. The molecule has 2 unspecified atom stereocenters. The summed E-state index contributed by atoms with van der Waals surface area (Å²) in [5.41, 5.74) is 0.835. The molecule has 5 heteroatoms. The summed E-state index contributed by atoms with van der Waals surface area (Å²) < 4.78 is 32.0. The van der Waals surface area contributed by atoms with Crippen molar-refractivity contribution >= 4 is 21.7 Å². The van der Waals surface area contributed by atoms with Gasteiger partial charge in [0.25, 0.3) is 0 Å². The Balaban J connectivity index is 2.22. The summed E-state index contributed by atoms with van der Waals surface area (Å²) in [4.78, 5) is 0. The van der Waals surface area contributed by atoms with Crippen LogP contribution in [0.3, 0.4) is 0 Å². The van der Waals surface area contributed by atoms with Gasteiger partial charge in [-0.25, -0.2) is 8.42 Å². The normalized spacial score (nSPS) is 26.1. The van der Waals surface area contributed by atoms with E-state index in [2.05, 4.69) is 0 Å². The summed E-state index contributed by atoms with van der Waals surface area (Å²) in [6, 6.07) is 6.97. The zero-order valence-corrected chi connectivity index (χ0v) is 8.75. The quantitative estimate of drug-likeness (QED) is 0.729. The van der Waals surface area contributed by atoms with Crippen LogP contribution >= 0.6 is 11.6 Å². The molecule has 76 valence electrons. The molecule has 3 nitrogen and oxygen atoms in total. The van der Waals surface area contributed by atoms with E-state index in [1.165, 1.54) is 0 Å². The lowest BCUT2D eigenvalue weighted by Gasteiger charge is -2.05. The van der Waals surface area contributed by atoms with Gasteiger partial charge >= 0.3 is 0 Å². The Morgan fingerprint density at radius 2 is 2.14 bits per heavy atom. The minimum Gasteiger partial charge on any atom is -0.748 e. The van der Waals surface area contributed by atoms with Crippen molar-refractivity contribution in [2.75, 3.05) is 0 Å². The summed E-state index contributed by atoms with van der Waals surface area (Å²) in [5, 5.41) is -0.183. The Morgan fingerprint density at radius 1 is 1.43 bits per heavy atom. The third kappa shape index (κ3) is 1.92. The molecule has 0 aromatic heterocycles. The molecule has 1 saturated carbocycles. The van der Waals surface area contributed by atoms with E-state index in [1.807, 2.05) is 0 Å². The highest BCUT2D eigenvalue weighted by molar-refractivity contribution is 7.86. The molecule has 1 aromatic rings. The van der Waals surface area contributed by atoms with Gasteiger partial charge in [0.15, 0.2) is 0 Å². The number of benzene rings is 1. The molecular weight excluding hydrogens is 224 g/mol. The Bertz CT molecular complexity index is 455. The van der Waals surface area contributed by atoms with Gasteiger partial charge in [-0.05, 0) is 24.1 Å². The maximum absolute atomic E-state index is 10.7. The first-order valence-corrected chi connectivity index (χ1v) is 6.03. The maximum Gasteiger partial charge on any atom is 0.0981 e. The van der Waals surface area contributed by atoms with Crippen LogP contribution in [0, 0.1) is 0 Å². The van der Waals surface area contributed by atoms with Gasteiger partial charge in [-0.15, -0.1) is 0 Å². The predicted molar refractivity (Wildman–Crippen MR) is 52.3 cm³/mol. The van der Waals surface area contributed by atoms with Crippen LogP contribution in [0.1, 0.15) is 17.9 Å². The van der Waals surface area contributed by atoms with E-state index in [-0.39, 0.29) is 5.92 Å². The van der Waals surface area contributed by atoms with Crippen molar-refractivity contribution in [1.29, 1.82) is 0 Å². The van der Waals surface area contributed by atoms with Gasteiger partial charge in [-0.1, -0.05) is 23.7 Å². The minimum atomic E-state index is -4.13. The van der Waals surface area contributed by atoms with Crippen LogP contribution in [0.4, 0.5) is 0 Å². The van der Waals surface area contributed by atoms with Crippen molar-refractivity contribution in [3.05, 3.63) is 34.9 Å². The molecule has 2 atom stereocenters. The molecule has 14 heavy (non-hydrogen) atoms. The monoisotopic (exact) mass is 231 g/mol. The molecule has 0 saturated heterocycles. The average Bonchev–Trinajstić information content (AvgIpc) is 2.81. The van der Waals surface area contributed by atoms with Crippen LogP contribution in [0.25, 0.3) is 0 Å². The molecule has 0 amide bonds. The Kier molecular flexibility index (Phi) is 2.29. The predicted octanol–water partition coefficient (Wildman–Crippen LogP) is 1.74. The molecule has 0 N–H and O–H groups in total. The molecule has 0 bridgehead atoms. The molecule has 0 heterocycles. The van der Waals surface area contributed by atoms with E-state index >= 15 is 0 Å². The third-order valence-electron chi connectivity index (χ3n) is 2.38. The molecule has 0 radical (unpaired) electrons. The van der Waals surface area contributed by atoms with Crippen LogP contribution in [0.15, 0.2) is 24.3 Å². The van der Waals surface area contributed by atoms with E-state index in [9.17, 15) is 13.0 Å². The number of rotatable bonds is 2. The number of hydrogen-bond donors (Lipinski definition) is 0. The fourth-order valence-corrected chi connectivity index (χ4v) is 2.78. The maximum atomic E-state index is 10.7. The van der Waals surface area contributed by atoms with Gasteiger partial charge in [0.1, 0.15) is 0 Å². The molecule has 1 aliphatic rings. The van der Waals surface area contributed by atoms with Crippen LogP contribution < -0.4 is 0 Å².